The summed E-state index contributed by atoms with van der Waals surface area (Å²) in [6.45, 7) is 0. The van der Waals surface area contributed by atoms with E-state index in [0.29, 0.717) is 0 Å². The predicted octanol–water partition coefficient (Wildman–Crippen LogP) is -1.19. The van der Waals surface area contributed by atoms with Gasteiger partial charge < -0.3 is 0 Å². The second kappa shape index (κ2) is 16.0. The van der Waals surface area contributed by atoms with Gasteiger partial charge in [-0.2, -0.15) is 0 Å². The molecule has 0 aromatic carbocycles. The van der Waals surface area contributed by atoms with Crippen molar-refractivity contribution in [3.63, 3.8) is 0 Å². The van der Waals surface area contributed by atoms with Crippen molar-refractivity contribution < 1.29 is 83.6 Å². The molecule has 0 amide bonds. The van der Waals surface area contributed by atoms with Crippen LogP contribution in [-0.4, -0.2) is 24.4 Å². The first kappa shape index (κ1) is 25.7. The molecule has 0 rings (SSSR count). The molecular weight excluding hydrogens is 502 g/mol. The van der Waals surface area contributed by atoms with Gasteiger partial charge >= 0.3 is 24.4 Å². The van der Waals surface area contributed by atoms with Crippen molar-refractivity contribution in [3.8, 4) is 0 Å². The zero-order valence-electron chi connectivity index (χ0n) is 2.04. The maximum Gasteiger partial charge on any atom is 0 e. The van der Waals surface area contributed by atoms with Crippen molar-refractivity contribution in [1.82, 2.24) is 0 Å². The summed E-state index contributed by atoms with van der Waals surface area (Å²) in [6, 6.07) is 0. The van der Waals surface area contributed by atoms with Gasteiger partial charge in [-0.05, 0) is 0 Å². The molecule has 25 valence electrons. The summed E-state index contributed by atoms with van der Waals surface area (Å²) in [4.78, 5) is 0. The maximum absolute atomic E-state index is 0. The molecule has 0 spiro atoms. The molecule has 0 aliphatic heterocycles. The normalized spacial score (nSPS) is 0. The van der Waals surface area contributed by atoms with E-state index >= 15 is 0 Å². The first-order valence-corrected chi connectivity index (χ1v) is 0. The molecule has 0 nitrogen and oxygen atoms in total. The van der Waals surface area contributed by atoms with Crippen LogP contribution in [0, 0.1) is 41.7 Å². The molecular formula is H3CeIrSbTi. The van der Waals surface area contributed by atoms with Crippen molar-refractivity contribution in [3.05, 3.63) is 0 Å². The summed E-state index contributed by atoms with van der Waals surface area (Å²) < 4.78 is 0. The molecule has 0 atom stereocenters. The van der Waals surface area contributed by atoms with Gasteiger partial charge in [-0.1, -0.05) is 0 Å². The second-order valence-corrected chi connectivity index (χ2v) is 0. The van der Waals surface area contributed by atoms with Gasteiger partial charge in [-0.15, -0.1) is 0 Å². The van der Waals surface area contributed by atoms with Gasteiger partial charge in [0.05, 0.1) is 0 Å². The molecule has 0 unspecified atom stereocenters. The Morgan fingerprint density at radius 2 is 1.00 bits per heavy atom. The van der Waals surface area contributed by atoms with Crippen LogP contribution < -0.4 is 0 Å². The van der Waals surface area contributed by atoms with Gasteiger partial charge in [-0.3, -0.25) is 0 Å². The van der Waals surface area contributed by atoms with Crippen LogP contribution in [0.4, 0.5) is 0 Å². The molecule has 0 aliphatic rings. The van der Waals surface area contributed by atoms with Crippen LogP contribution in [-0.2, 0) is 41.8 Å². The van der Waals surface area contributed by atoms with Gasteiger partial charge in [-0.25, -0.2) is 0 Å². The number of hydrogen-bond acceptors (Lipinski definition) is 0. The SMILES string of the molecule is [Ce].[Ir].[SbH3].[Ti]. The fourth-order valence-electron chi connectivity index (χ4n) is 0. The Kier molecular flexibility index (Phi) is 103. The summed E-state index contributed by atoms with van der Waals surface area (Å²) in [6.07, 6.45) is 0. The van der Waals surface area contributed by atoms with Crippen LogP contribution in [0.5, 0.6) is 0 Å². The van der Waals surface area contributed by atoms with Gasteiger partial charge in [0.25, 0.3) is 0 Å². The monoisotopic (exact) mass is 505 g/mol. The first-order chi connectivity index (χ1) is 0. The van der Waals surface area contributed by atoms with Gasteiger partial charge in [0.15, 0.2) is 0 Å². The van der Waals surface area contributed by atoms with Crippen LogP contribution in [0.1, 0.15) is 0 Å². The van der Waals surface area contributed by atoms with E-state index in [0.717, 1.165) is 0 Å². The number of hydrogen-bond donors (Lipinski definition) is 0. The Morgan fingerprint density at radius 3 is 1.00 bits per heavy atom. The molecule has 4 heteroatoms. The molecule has 0 aromatic heterocycles. The molecule has 1 radical (unpaired) electrons. The topological polar surface area (TPSA) is 0 Å². The zero-order valence-corrected chi connectivity index (χ0v) is 13.2. The average Bonchev–Trinajstić information content (AvgIpc) is 0. The molecule has 0 heterocycles. The van der Waals surface area contributed by atoms with E-state index in [9.17, 15) is 0 Å². The minimum absolute atomic E-state index is 0. The standard InChI is InChI=1S/Ce.Ir.Sb.Ti.3H. The predicted molar refractivity (Wildman–Crippen MR) is 9.94 cm³/mol. The van der Waals surface area contributed by atoms with E-state index in [2.05, 4.69) is 0 Å². The average molecular weight is 505 g/mol. The second-order valence-electron chi connectivity index (χ2n) is 0. The summed E-state index contributed by atoms with van der Waals surface area (Å²) in [5.74, 6) is 0. The smallest absolute Gasteiger partial charge is 0 e. The Balaban J connectivity index is 0. The third kappa shape index (κ3) is 9.12. The largest absolute Gasteiger partial charge is 0 e. The molecule has 4 heavy (non-hydrogen) atoms. The van der Waals surface area contributed by atoms with Crippen molar-refractivity contribution >= 4 is 24.4 Å². The van der Waals surface area contributed by atoms with E-state index < -0.39 is 0 Å². The summed E-state index contributed by atoms with van der Waals surface area (Å²) in [5, 5.41) is 0. The van der Waals surface area contributed by atoms with Crippen molar-refractivity contribution in [2.75, 3.05) is 0 Å². The van der Waals surface area contributed by atoms with E-state index in [-0.39, 0.29) is 108 Å². The molecule has 0 bridgehead atoms. The number of rotatable bonds is 0. The molecule has 0 saturated carbocycles. The van der Waals surface area contributed by atoms with Crippen LogP contribution in [0.25, 0.3) is 0 Å². The molecule has 0 aromatic rings. The fraction of sp³-hybridized carbons (Fsp3) is 0. The Morgan fingerprint density at radius 1 is 1.00 bits per heavy atom. The quantitative estimate of drug-likeness (QED) is 0.364. The molecule has 0 saturated heterocycles. The van der Waals surface area contributed by atoms with Crippen molar-refractivity contribution in [2.45, 2.75) is 0 Å². The maximum atomic E-state index is 0. The van der Waals surface area contributed by atoms with Crippen LogP contribution in [0.3, 0.4) is 0 Å². The Bertz CT molecular complexity index is 8.00. The molecule has 0 aliphatic carbocycles. The fourth-order valence-corrected chi connectivity index (χ4v) is 0. The third-order valence-corrected chi connectivity index (χ3v) is 0. The van der Waals surface area contributed by atoms with E-state index in [1.807, 2.05) is 0 Å². The van der Waals surface area contributed by atoms with Crippen LogP contribution in [0.2, 0.25) is 0 Å². The Hall–Kier alpha value is 3.56. The van der Waals surface area contributed by atoms with Gasteiger partial charge in [0.2, 0.25) is 0 Å². The van der Waals surface area contributed by atoms with Crippen LogP contribution >= 0.6 is 0 Å². The van der Waals surface area contributed by atoms with Crippen LogP contribution in [0.15, 0.2) is 0 Å². The van der Waals surface area contributed by atoms with Gasteiger partial charge in [0.1, 0.15) is 0 Å². The summed E-state index contributed by atoms with van der Waals surface area (Å²) >= 11 is 0. The summed E-state index contributed by atoms with van der Waals surface area (Å²) in [5.41, 5.74) is 0. The minimum atomic E-state index is 0. The first-order valence-electron chi connectivity index (χ1n) is 0. The minimum Gasteiger partial charge on any atom is 0 e. The van der Waals surface area contributed by atoms with Crippen molar-refractivity contribution in [2.24, 2.45) is 0 Å². The zero-order chi connectivity index (χ0) is 0. The van der Waals surface area contributed by atoms with Gasteiger partial charge in [0, 0.05) is 83.6 Å². The van der Waals surface area contributed by atoms with Crippen molar-refractivity contribution in [1.29, 1.82) is 0 Å². The third-order valence-electron chi connectivity index (χ3n) is 0. The molecule has 0 N–H and O–H groups in total. The van der Waals surface area contributed by atoms with E-state index in [1.165, 1.54) is 0 Å². The molecule has 0 fully saturated rings. The Labute approximate surface area is 105 Å². The van der Waals surface area contributed by atoms with E-state index in [4.69, 9.17) is 0 Å². The van der Waals surface area contributed by atoms with E-state index in [1.54, 1.807) is 0 Å². The summed E-state index contributed by atoms with van der Waals surface area (Å²) in [7, 11) is 0.